The number of halogens is 4. The molecule has 11 heteroatoms. The molecule has 192 valence electrons. The number of ether oxygens (including phenoxy) is 2. The molecule has 1 atom stereocenters. The van der Waals surface area contributed by atoms with Gasteiger partial charge in [0, 0.05) is 18.2 Å². The van der Waals surface area contributed by atoms with Gasteiger partial charge in [-0.15, -0.1) is 13.2 Å². The fourth-order valence-corrected chi connectivity index (χ4v) is 4.61. The van der Waals surface area contributed by atoms with Crippen molar-refractivity contribution in [3.05, 3.63) is 88.5 Å². The molecule has 0 radical (unpaired) electrons. The van der Waals surface area contributed by atoms with E-state index in [1.165, 1.54) is 30.5 Å². The summed E-state index contributed by atoms with van der Waals surface area (Å²) in [6, 6.07) is 10.5. The summed E-state index contributed by atoms with van der Waals surface area (Å²) in [4.78, 5) is 29.5. The number of rotatable bonds is 6. The standard InChI is InChI=1S/C26H20F4N2O5/c27-19-13-16(6-8-20(19)37-26(28,29)30)25(9-11-36-21-2-1-10-31-22(21)25)32-23(33)15-5-7-17(24(34)35)18(12-15)14-3-4-14/h1-2,5-8,10,12-14H,3-4,9,11H2,(H,32,33)(H,34,35). The number of amides is 1. The van der Waals surface area contributed by atoms with Gasteiger partial charge < -0.3 is 19.9 Å². The zero-order valence-corrected chi connectivity index (χ0v) is 19.1. The zero-order chi connectivity index (χ0) is 26.4. The van der Waals surface area contributed by atoms with Crippen LogP contribution in [0.5, 0.6) is 11.5 Å². The van der Waals surface area contributed by atoms with Crippen molar-refractivity contribution in [2.75, 3.05) is 6.61 Å². The molecule has 2 heterocycles. The number of hydrogen-bond donors (Lipinski definition) is 2. The van der Waals surface area contributed by atoms with E-state index in [4.69, 9.17) is 4.74 Å². The average Bonchev–Trinajstić information content (AvgIpc) is 3.70. The number of benzene rings is 2. The quantitative estimate of drug-likeness (QED) is 0.440. The molecule has 7 nitrogen and oxygen atoms in total. The van der Waals surface area contributed by atoms with Crippen molar-refractivity contribution in [1.82, 2.24) is 10.3 Å². The second kappa shape index (κ2) is 9.06. The summed E-state index contributed by atoms with van der Waals surface area (Å²) in [6.45, 7) is 0.104. The number of nitrogens with zero attached hydrogens (tertiary/aromatic N) is 1. The van der Waals surface area contributed by atoms with E-state index in [0.717, 1.165) is 25.0 Å². The van der Waals surface area contributed by atoms with Gasteiger partial charge >= 0.3 is 12.3 Å². The van der Waals surface area contributed by atoms with Crippen molar-refractivity contribution in [2.45, 2.75) is 37.1 Å². The third kappa shape index (κ3) is 4.81. The van der Waals surface area contributed by atoms with Crippen LogP contribution in [0.3, 0.4) is 0 Å². The molecule has 1 fully saturated rings. The minimum Gasteiger partial charge on any atom is -0.491 e. The second-order valence-electron chi connectivity index (χ2n) is 8.88. The van der Waals surface area contributed by atoms with Gasteiger partial charge in [-0.1, -0.05) is 6.07 Å². The van der Waals surface area contributed by atoms with Crippen LogP contribution in [0.2, 0.25) is 0 Å². The summed E-state index contributed by atoms with van der Waals surface area (Å²) in [5, 5.41) is 12.4. The highest BCUT2D eigenvalue weighted by atomic mass is 19.4. The minimum absolute atomic E-state index is 0.0496. The Morgan fingerprint density at radius 3 is 2.59 bits per heavy atom. The predicted octanol–water partition coefficient (Wildman–Crippen LogP) is 5.15. The maximum atomic E-state index is 14.8. The highest BCUT2D eigenvalue weighted by Crippen LogP contribution is 2.44. The maximum absolute atomic E-state index is 14.8. The van der Waals surface area contributed by atoms with Crippen LogP contribution < -0.4 is 14.8 Å². The molecule has 0 saturated heterocycles. The molecule has 2 aliphatic rings. The molecule has 3 aromatic rings. The minimum atomic E-state index is -5.08. The first-order valence-corrected chi connectivity index (χ1v) is 11.4. The van der Waals surface area contributed by atoms with Crippen LogP contribution in [0.15, 0.2) is 54.7 Å². The molecule has 2 aromatic carbocycles. The van der Waals surface area contributed by atoms with Crippen molar-refractivity contribution in [1.29, 1.82) is 0 Å². The van der Waals surface area contributed by atoms with Gasteiger partial charge in [-0.2, -0.15) is 0 Å². The van der Waals surface area contributed by atoms with Crippen LogP contribution in [0.25, 0.3) is 0 Å². The van der Waals surface area contributed by atoms with Gasteiger partial charge in [-0.25, -0.2) is 9.18 Å². The van der Waals surface area contributed by atoms with Gasteiger partial charge in [0.1, 0.15) is 17.0 Å². The van der Waals surface area contributed by atoms with Gasteiger partial charge in [0.2, 0.25) is 0 Å². The van der Waals surface area contributed by atoms with Crippen LogP contribution in [0.4, 0.5) is 17.6 Å². The van der Waals surface area contributed by atoms with E-state index in [-0.39, 0.29) is 41.3 Å². The van der Waals surface area contributed by atoms with E-state index in [0.29, 0.717) is 11.3 Å². The number of carboxylic acids is 1. The third-order valence-corrected chi connectivity index (χ3v) is 6.45. The fraction of sp³-hybridized carbons (Fsp3) is 0.269. The molecule has 5 rings (SSSR count). The van der Waals surface area contributed by atoms with E-state index in [1.54, 1.807) is 12.1 Å². The van der Waals surface area contributed by atoms with Gasteiger partial charge in [0.15, 0.2) is 11.6 Å². The molecule has 1 aliphatic carbocycles. The summed E-state index contributed by atoms with van der Waals surface area (Å²) in [7, 11) is 0. The van der Waals surface area contributed by atoms with Gasteiger partial charge in [-0.3, -0.25) is 9.78 Å². The van der Waals surface area contributed by atoms with Crippen molar-refractivity contribution in [3.8, 4) is 11.5 Å². The number of carbonyl (C=O) groups excluding carboxylic acids is 1. The number of hydrogen-bond acceptors (Lipinski definition) is 5. The molecule has 1 aliphatic heterocycles. The molecule has 0 spiro atoms. The van der Waals surface area contributed by atoms with Gasteiger partial charge in [0.25, 0.3) is 5.91 Å². The molecule has 1 aromatic heterocycles. The SMILES string of the molecule is O=C(NC1(c2ccc(OC(F)(F)F)c(F)c2)CCOc2cccnc21)c1ccc(C(=O)O)c(C2CC2)c1. The summed E-state index contributed by atoms with van der Waals surface area (Å²) in [5.74, 6) is -3.59. The van der Waals surface area contributed by atoms with Gasteiger partial charge in [-0.05, 0) is 72.4 Å². The predicted molar refractivity (Wildman–Crippen MR) is 121 cm³/mol. The third-order valence-electron chi connectivity index (χ3n) is 6.45. The fourth-order valence-electron chi connectivity index (χ4n) is 4.61. The van der Waals surface area contributed by atoms with Crippen molar-refractivity contribution >= 4 is 11.9 Å². The number of nitrogens with one attached hydrogen (secondary N) is 1. The average molecular weight is 516 g/mol. The highest BCUT2D eigenvalue weighted by molar-refractivity contribution is 5.97. The molecule has 1 saturated carbocycles. The molecule has 0 bridgehead atoms. The highest BCUT2D eigenvalue weighted by Gasteiger charge is 2.43. The number of aromatic carboxylic acids is 1. The Morgan fingerprint density at radius 1 is 1.14 bits per heavy atom. The normalized spacial score (nSPS) is 18.9. The molecule has 1 unspecified atom stereocenters. The van der Waals surface area contributed by atoms with Crippen molar-refractivity contribution < 1.29 is 41.7 Å². The lowest BCUT2D eigenvalue weighted by Gasteiger charge is -2.39. The Kier molecular flexibility index (Phi) is 6.01. The number of alkyl halides is 3. The van der Waals surface area contributed by atoms with Crippen LogP contribution >= 0.6 is 0 Å². The molecular weight excluding hydrogens is 496 g/mol. The monoisotopic (exact) mass is 516 g/mol. The first-order valence-electron chi connectivity index (χ1n) is 11.4. The van der Waals surface area contributed by atoms with Crippen LogP contribution in [-0.2, 0) is 5.54 Å². The maximum Gasteiger partial charge on any atom is 0.573 e. The van der Waals surface area contributed by atoms with E-state index < -0.39 is 35.3 Å². The number of pyridine rings is 1. The van der Waals surface area contributed by atoms with Crippen LogP contribution in [-0.4, -0.2) is 34.9 Å². The lowest BCUT2D eigenvalue weighted by Crippen LogP contribution is -2.50. The Hall–Kier alpha value is -4.15. The Bertz CT molecular complexity index is 1390. The topological polar surface area (TPSA) is 97.8 Å². The summed E-state index contributed by atoms with van der Waals surface area (Å²) >= 11 is 0. The molecular formula is C26H20F4N2O5. The summed E-state index contributed by atoms with van der Waals surface area (Å²) in [6.07, 6.45) is -1.89. The molecule has 2 N–H and O–H groups in total. The lowest BCUT2D eigenvalue weighted by molar-refractivity contribution is -0.275. The van der Waals surface area contributed by atoms with E-state index in [2.05, 4.69) is 15.0 Å². The summed E-state index contributed by atoms with van der Waals surface area (Å²) in [5.41, 5.74) is -0.195. The van der Waals surface area contributed by atoms with Gasteiger partial charge in [0.05, 0.1) is 12.2 Å². The smallest absolute Gasteiger partial charge is 0.491 e. The van der Waals surface area contributed by atoms with Crippen LogP contribution in [0.1, 0.15) is 62.7 Å². The lowest BCUT2D eigenvalue weighted by atomic mass is 9.81. The second-order valence-corrected chi connectivity index (χ2v) is 8.88. The first-order chi connectivity index (χ1) is 17.6. The van der Waals surface area contributed by atoms with E-state index in [9.17, 15) is 32.3 Å². The first kappa shape index (κ1) is 24.5. The number of fused-ring (bicyclic) bond motifs is 1. The molecule has 37 heavy (non-hydrogen) atoms. The summed E-state index contributed by atoms with van der Waals surface area (Å²) < 4.78 is 62.2. The molecule has 1 amide bonds. The van der Waals surface area contributed by atoms with E-state index >= 15 is 0 Å². The van der Waals surface area contributed by atoms with Crippen molar-refractivity contribution in [2.24, 2.45) is 0 Å². The number of aromatic nitrogens is 1. The number of carboxylic acid groups (broad SMARTS) is 1. The zero-order valence-electron chi connectivity index (χ0n) is 19.1. The Morgan fingerprint density at radius 2 is 1.92 bits per heavy atom. The Labute approximate surface area is 208 Å². The van der Waals surface area contributed by atoms with Crippen LogP contribution in [0, 0.1) is 5.82 Å². The Balaban J connectivity index is 1.57. The van der Waals surface area contributed by atoms with Crippen molar-refractivity contribution in [3.63, 3.8) is 0 Å². The van der Waals surface area contributed by atoms with E-state index in [1.807, 2.05) is 0 Å². The largest absolute Gasteiger partial charge is 0.573 e. The number of carbonyl (C=O) groups is 2.